The average molecular weight is 568 g/mol. The summed E-state index contributed by atoms with van der Waals surface area (Å²) in [5, 5.41) is 6.14. The summed E-state index contributed by atoms with van der Waals surface area (Å²) in [5.41, 5.74) is -0.769. The number of halogens is 6. The van der Waals surface area contributed by atoms with E-state index in [4.69, 9.17) is 11.6 Å². The topological polar surface area (TPSA) is 63.2 Å². The van der Waals surface area contributed by atoms with Gasteiger partial charge in [-0.2, -0.15) is 17.6 Å². The van der Waals surface area contributed by atoms with E-state index in [0.717, 1.165) is 44.2 Å². The molecule has 1 atom stereocenters. The van der Waals surface area contributed by atoms with Crippen LogP contribution in [0.5, 0.6) is 5.75 Å². The molecule has 2 amide bonds. The largest absolute Gasteiger partial charge is 0.461 e. The molecule has 1 aliphatic rings. The number of alkyl halides is 4. The van der Waals surface area contributed by atoms with Gasteiger partial charge in [-0.15, -0.1) is 0 Å². The van der Waals surface area contributed by atoms with Crippen molar-refractivity contribution in [1.29, 1.82) is 0 Å². The van der Waals surface area contributed by atoms with Gasteiger partial charge in [0.15, 0.2) is 0 Å². The summed E-state index contributed by atoms with van der Waals surface area (Å²) >= 11 is 6.06. The zero-order valence-corrected chi connectivity index (χ0v) is 21.5. The van der Waals surface area contributed by atoms with E-state index in [1.165, 1.54) is 18.3 Å². The summed E-state index contributed by atoms with van der Waals surface area (Å²) in [6, 6.07) is 13.8. The molecule has 0 spiro atoms. The standard InChI is InChI=1S/C28H27ClF5N3O2/c29-20-11-12-24(35-17-20)27(16-18-7-3-1-4-8-18,37-26(38)36-22-9-5-2-6-10-22)19-13-21(30)15-23(14-19)39-28(33,34)25(31)32/h1,3-4,7-8,11-15,17,22,25H,2,5-6,9-10,16H2,(H2,36,37,38)/t27-/m0/s1. The third-order valence-electron chi connectivity index (χ3n) is 6.62. The summed E-state index contributed by atoms with van der Waals surface area (Å²) in [6.07, 6.45) is -3.09. The highest BCUT2D eigenvalue weighted by molar-refractivity contribution is 6.30. The van der Waals surface area contributed by atoms with Crippen LogP contribution in [0.2, 0.25) is 5.02 Å². The molecule has 2 N–H and O–H groups in total. The lowest BCUT2D eigenvalue weighted by Crippen LogP contribution is -2.54. The maximum absolute atomic E-state index is 14.9. The number of rotatable bonds is 9. The highest BCUT2D eigenvalue weighted by Crippen LogP contribution is 2.37. The van der Waals surface area contributed by atoms with E-state index in [1.54, 1.807) is 30.3 Å². The van der Waals surface area contributed by atoms with Crippen LogP contribution >= 0.6 is 11.6 Å². The van der Waals surface area contributed by atoms with Crippen LogP contribution in [0.4, 0.5) is 26.7 Å². The Morgan fingerprint density at radius 1 is 1.05 bits per heavy atom. The van der Waals surface area contributed by atoms with E-state index in [2.05, 4.69) is 20.4 Å². The lowest BCUT2D eigenvalue weighted by molar-refractivity contribution is -0.253. The molecule has 0 bridgehead atoms. The molecule has 0 unspecified atom stereocenters. The zero-order chi connectivity index (χ0) is 28.0. The Morgan fingerprint density at radius 2 is 1.77 bits per heavy atom. The first-order chi connectivity index (χ1) is 18.6. The van der Waals surface area contributed by atoms with Gasteiger partial charge in [0.2, 0.25) is 0 Å². The first-order valence-electron chi connectivity index (χ1n) is 12.5. The van der Waals surface area contributed by atoms with Crippen LogP contribution in [0.3, 0.4) is 0 Å². The van der Waals surface area contributed by atoms with Crippen LogP contribution in [0.15, 0.2) is 66.9 Å². The van der Waals surface area contributed by atoms with E-state index in [0.29, 0.717) is 16.7 Å². The van der Waals surface area contributed by atoms with Crippen molar-refractivity contribution in [3.8, 4) is 5.75 Å². The second-order valence-electron chi connectivity index (χ2n) is 9.50. The summed E-state index contributed by atoms with van der Waals surface area (Å²) in [7, 11) is 0. The van der Waals surface area contributed by atoms with Gasteiger partial charge < -0.3 is 15.4 Å². The number of carbonyl (C=O) groups is 1. The quantitative estimate of drug-likeness (QED) is 0.268. The van der Waals surface area contributed by atoms with Crippen molar-refractivity contribution >= 4 is 17.6 Å². The van der Waals surface area contributed by atoms with Crippen molar-refractivity contribution < 1.29 is 31.5 Å². The molecule has 0 aliphatic heterocycles. The minimum Gasteiger partial charge on any atom is -0.428 e. The normalized spacial score (nSPS) is 16.0. The summed E-state index contributed by atoms with van der Waals surface area (Å²) < 4.78 is 72.4. The van der Waals surface area contributed by atoms with Crippen LogP contribution in [0, 0.1) is 5.82 Å². The number of urea groups is 1. The van der Waals surface area contributed by atoms with E-state index in [-0.39, 0.29) is 23.7 Å². The number of benzene rings is 2. The Balaban J connectivity index is 1.84. The molecule has 4 rings (SSSR count). The summed E-state index contributed by atoms with van der Waals surface area (Å²) in [5.74, 6) is -1.87. The molecular formula is C28H27ClF5N3O2. The van der Waals surface area contributed by atoms with E-state index < -0.39 is 35.7 Å². The first-order valence-corrected chi connectivity index (χ1v) is 12.9. The molecule has 1 aliphatic carbocycles. The molecule has 0 radical (unpaired) electrons. The molecule has 1 fully saturated rings. The Morgan fingerprint density at radius 3 is 2.41 bits per heavy atom. The van der Waals surface area contributed by atoms with E-state index in [1.807, 2.05) is 0 Å². The van der Waals surface area contributed by atoms with Crippen molar-refractivity contribution in [2.45, 2.75) is 62.6 Å². The van der Waals surface area contributed by atoms with Gasteiger partial charge in [-0.05, 0) is 48.2 Å². The van der Waals surface area contributed by atoms with Crippen LogP contribution < -0.4 is 15.4 Å². The van der Waals surface area contributed by atoms with Crippen LogP contribution in [0.25, 0.3) is 0 Å². The highest BCUT2D eigenvalue weighted by Gasteiger charge is 2.45. The van der Waals surface area contributed by atoms with E-state index >= 15 is 0 Å². The van der Waals surface area contributed by atoms with E-state index in [9.17, 15) is 26.7 Å². The van der Waals surface area contributed by atoms with Crippen molar-refractivity contribution in [1.82, 2.24) is 15.6 Å². The summed E-state index contributed by atoms with van der Waals surface area (Å²) in [6.45, 7) is 0. The molecule has 5 nitrogen and oxygen atoms in total. The lowest BCUT2D eigenvalue weighted by Gasteiger charge is -2.36. The average Bonchev–Trinajstić information content (AvgIpc) is 2.89. The SMILES string of the molecule is O=C(NC1CCCCC1)N[C@@](Cc1ccccc1)(c1cc(F)cc(OC(F)(F)C(F)F)c1)c1ccc(Cl)cn1. The number of aromatic nitrogens is 1. The maximum atomic E-state index is 14.9. The van der Waals surface area contributed by atoms with Gasteiger partial charge in [-0.3, -0.25) is 4.98 Å². The maximum Gasteiger partial charge on any atom is 0.461 e. The van der Waals surface area contributed by atoms with Gasteiger partial charge in [0.25, 0.3) is 0 Å². The lowest BCUT2D eigenvalue weighted by atomic mass is 9.80. The molecular weight excluding hydrogens is 541 g/mol. The number of amides is 2. The Labute approximate surface area is 227 Å². The molecule has 2 aromatic carbocycles. The molecule has 1 heterocycles. The molecule has 208 valence electrons. The molecule has 0 saturated heterocycles. The first kappa shape index (κ1) is 28.6. The van der Waals surface area contributed by atoms with Gasteiger partial charge in [0.1, 0.15) is 17.1 Å². The van der Waals surface area contributed by atoms with Crippen molar-refractivity contribution in [3.63, 3.8) is 0 Å². The number of carbonyl (C=O) groups excluding carboxylic acids is 1. The Hall–Kier alpha value is -3.40. The predicted octanol–water partition coefficient (Wildman–Crippen LogP) is 7.23. The number of nitrogens with one attached hydrogen (secondary N) is 2. The van der Waals surface area contributed by atoms with Crippen molar-refractivity contribution in [2.75, 3.05) is 0 Å². The monoisotopic (exact) mass is 567 g/mol. The van der Waals surface area contributed by atoms with Crippen LogP contribution in [0.1, 0.15) is 48.9 Å². The van der Waals surface area contributed by atoms with Gasteiger partial charge in [-0.1, -0.05) is 61.2 Å². The fourth-order valence-corrected chi connectivity index (χ4v) is 4.89. The number of nitrogens with zero attached hydrogens (tertiary/aromatic N) is 1. The molecule has 11 heteroatoms. The number of pyridine rings is 1. The van der Waals surface area contributed by atoms with Gasteiger partial charge >= 0.3 is 18.6 Å². The fraction of sp³-hybridized carbons (Fsp3) is 0.357. The van der Waals surface area contributed by atoms with Gasteiger partial charge in [-0.25, -0.2) is 9.18 Å². The number of ether oxygens (including phenoxy) is 1. The van der Waals surface area contributed by atoms with Gasteiger partial charge in [0, 0.05) is 24.7 Å². The Bertz CT molecular complexity index is 1260. The van der Waals surface area contributed by atoms with Crippen LogP contribution in [-0.2, 0) is 12.0 Å². The third kappa shape index (κ3) is 7.17. The smallest absolute Gasteiger partial charge is 0.428 e. The predicted molar refractivity (Wildman–Crippen MR) is 137 cm³/mol. The molecule has 39 heavy (non-hydrogen) atoms. The minimum atomic E-state index is -4.86. The highest BCUT2D eigenvalue weighted by atomic mass is 35.5. The second-order valence-corrected chi connectivity index (χ2v) is 9.94. The fourth-order valence-electron chi connectivity index (χ4n) is 4.78. The summed E-state index contributed by atoms with van der Waals surface area (Å²) in [4.78, 5) is 17.8. The number of hydrogen-bond acceptors (Lipinski definition) is 3. The zero-order valence-electron chi connectivity index (χ0n) is 20.8. The third-order valence-corrected chi connectivity index (χ3v) is 6.84. The number of hydrogen-bond donors (Lipinski definition) is 2. The van der Waals surface area contributed by atoms with Crippen molar-refractivity contribution in [2.24, 2.45) is 0 Å². The van der Waals surface area contributed by atoms with Gasteiger partial charge in [0.05, 0.1) is 10.7 Å². The van der Waals surface area contributed by atoms with Crippen molar-refractivity contribution in [3.05, 3.63) is 94.5 Å². The van der Waals surface area contributed by atoms with Crippen LogP contribution in [-0.4, -0.2) is 29.6 Å². The minimum absolute atomic E-state index is 0.00862. The molecule has 1 aromatic heterocycles. The second kappa shape index (κ2) is 12.2. The molecule has 1 saturated carbocycles. The molecule has 3 aromatic rings. The Kier molecular flexibility index (Phi) is 8.94.